The highest BCUT2D eigenvalue weighted by molar-refractivity contribution is 4.59. The molecule has 0 aliphatic heterocycles. The van der Waals surface area contributed by atoms with Gasteiger partial charge in [0.1, 0.15) is 12.5 Å². The number of hydrogen-bond donors (Lipinski definition) is 3. The maximum absolute atomic E-state index is 9.99. The SMILES string of the molecule is CCCCCCCCCCCCCC(O)NC(O)CCCCCCCCC. The topological polar surface area (TPSA) is 52.5 Å². The Morgan fingerprint density at radius 2 is 0.704 bits per heavy atom. The van der Waals surface area contributed by atoms with Gasteiger partial charge in [-0.25, -0.2) is 0 Å². The molecule has 0 bridgehead atoms. The van der Waals surface area contributed by atoms with Crippen LogP contribution in [0.1, 0.15) is 142 Å². The van der Waals surface area contributed by atoms with Crippen molar-refractivity contribution in [2.24, 2.45) is 0 Å². The summed E-state index contributed by atoms with van der Waals surface area (Å²) < 4.78 is 0. The van der Waals surface area contributed by atoms with Crippen molar-refractivity contribution in [1.82, 2.24) is 5.32 Å². The molecule has 0 heterocycles. The second-order valence-electron chi connectivity index (χ2n) is 8.43. The lowest BCUT2D eigenvalue weighted by Gasteiger charge is -2.18. The molecule has 0 amide bonds. The number of rotatable bonds is 22. The Bertz CT molecular complexity index is 273. The summed E-state index contributed by atoms with van der Waals surface area (Å²) in [5, 5.41) is 22.9. The van der Waals surface area contributed by atoms with Crippen LogP contribution in [0.4, 0.5) is 0 Å². The fourth-order valence-corrected chi connectivity index (χ4v) is 3.69. The number of aliphatic hydroxyl groups is 2. The van der Waals surface area contributed by atoms with Gasteiger partial charge in [0.05, 0.1) is 0 Å². The second kappa shape index (κ2) is 22.2. The third-order valence-electron chi connectivity index (χ3n) is 5.55. The van der Waals surface area contributed by atoms with Crippen molar-refractivity contribution in [3.63, 3.8) is 0 Å². The minimum absolute atomic E-state index is 0.552. The summed E-state index contributed by atoms with van der Waals surface area (Å²) in [7, 11) is 0. The summed E-state index contributed by atoms with van der Waals surface area (Å²) in [5.41, 5.74) is 0. The van der Waals surface area contributed by atoms with Gasteiger partial charge in [-0.15, -0.1) is 0 Å². The van der Waals surface area contributed by atoms with Crippen molar-refractivity contribution in [3.8, 4) is 0 Å². The van der Waals surface area contributed by atoms with Gasteiger partial charge in [0.15, 0.2) is 0 Å². The molecule has 0 aliphatic rings. The van der Waals surface area contributed by atoms with Crippen LogP contribution in [0.3, 0.4) is 0 Å². The number of hydrogen-bond acceptors (Lipinski definition) is 3. The standard InChI is InChI=1S/C24H51NO2/c1-3-5-7-9-11-12-13-14-16-18-20-22-24(27)25-23(26)21-19-17-15-10-8-6-4-2/h23-27H,3-22H2,1-2H3. The van der Waals surface area contributed by atoms with Crippen LogP contribution in [0.2, 0.25) is 0 Å². The van der Waals surface area contributed by atoms with Crippen molar-refractivity contribution < 1.29 is 10.2 Å². The van der Waals surface area contributed by atoms with E-state index in [1.807, 2.05) is 0 Å². The smallest absolute Gasteiger partial charge is 0.106 e. The third kappa shape index (κ3) is 22.0. The van der Waals surface area contributed by atoms with E-state index in [4.69, 9.17) is 0 Å². The molecule has 0 fully saturated rings. The Balaban J connectivity index is 3.29. The Hall–Kier alpha value is -0.120. The normalized spacial score (nSPS) is 13.8. The maximum Gasteiger partial charge on any atom is 0.106 e. The van der Waals surface area contributed by atoms with Gasteiger partial charge in [0, 0.05) is 0 Å². The van der Waals surface area contributed by atoms with Gasteiger partial charge >= 0.3 is 0 Å². The summed E-state index contributed by atoms with van der Waals surface area (Å²) in [6.45, 7) is 4.51. The van der Waals surface area contributed by atoms with E-state index in [1.54, 1.807) is 0 Å². The van der Waals surface area contributed by atoms with E-state index in [-0.39, 0.29) is 0 Å². The predicted octanol–water partition coefficient (Wildman–Crippen LogP) is 7.05. The van der Waals surface area contributed by atoms with Gasteiger partial charge in [0.25, 0.3) is 0 Å². The van der Waals surface area contributed by atoms with E-state index in [9.17, 15) is 10.2 Å². The van der Waals surface area contributed by atoms with Crippen LogP contribution in [0.15, 0.2) is 0 Å². The Labute approximate surface area is 170 Å². The van der Waals surface area contributed by atoms with Crippen LogP contribution in [0.25, 0.3) is 0 Å². The molecule has 3 nitrogen and oxygen atoms in total. The van der Waals surface area contributed by atoms with Gasteiger partial charge in [0.2, 0.25) is 0 Å². The predicted molar refractivity (Wildman–Crippen MR) is 119 cm³/mol. The summed E-state index contributed by atoms with van der Waals surface area (Å²) in [6, 6.07) is 0. The van der Waals surface area contributed by atoms with Crippen molar-refractivity contribution >= 4 is 0 Å². The lowest BCUT2D eigenvalue weighted by atomic mass is 10.0. The lowest BCUT2D eigenvalue weighted by molar-refractivity contribution is 0.0310. The zero-order valence-corrected chi connectivity index (χ0v) is 18.7. The van der Waals surface area contributed by atoms with E-state index in [1.165, 1.54) is 103 Å². The molecule has 0 spiro atoms. The van der Waals surface area contributed by atoms with Crippen molar-refractivity contribution in [2.45, 2.75) is 155 Å². The molecule has 2 unspecified atom stereocenters. The first-order valence-electron chi connectivity index (χ1n) is 12.3. The van der Waals surface area contributed by atoms with Crippen LogP contribution in [-0.4, -0.2) is 22.7 Å². The van der Waals surface area contributed by atoms with Crippen LogP contribution >= 0.6 is 0 Å². The second-order valence-corrected chi connectivity index (χ2v) is 8.43. The van der Waals surface area contributed by atoms with Crippen LogP contribution < -0.4 is 5.32 Å². The largest absolute Gasteiger partial charge is 0.379 e. The van der Waals surface area contributed by atoms with E-state index in [2.05, 4.69) is 19.2 Å². The Morgan fingerprint density at radius 1 is 0.444 bits per heavy atom. The van der Waals surface area contributed by atoms with Crippen molar-refractivity contribution in [1.29, 1.82) is 0 Å². The summed E-state index contributed by atoms with van der Waals surface area (Å²) in [4.78, 5) is 0. The monoisotopic (exact) mass is 385 g/mol. The molecule has 0 aromatic rings. The first kappa shape index (κ1) is 26.9. The highest BCUT2D eigenvalue weighted by Crippen LogP contribution is 2.13. The van der Waals surface area contributed by atoms with E-state index < -0.39 is 12.5 Å². The van der Waals surface area contributed by atoms with Crippen molar-refractivity contribution in [2.75, 3.05) is 0 Å². The average Bonchev–Trinajstić information content (AvgIpc) is 2.65. The molecular weight excluding hydrogens is 334 g/mol. The number of unbranched alkanes of at least 4 members (excludes halogenated alkanes) is 16. The molecule has 0 aromatic carbocycles. The molecule has 164 valence electrons. The van der Waals surface area contributed by atoms with Gasteiger partial charge in [-0.05, 0) is 25.7 Å². The fraction of sp³-hybridized carbons (Fsp3) is 1.00. The Morgan fingerprint density at radius 3 is 1.00 bits per heavy atom. The Kier molecular flexibility index (Phi) is 22.1. The molecule has 0 radical (unpaired) electrons. The molecule has 27 heavy (non-hydrogen) atoms. The highest BCUT2D eigenvalue weighted by atomic mass is 16.3. The maximum atomic E-state index is 9.99. The van der Waals surface area contributed by atoms with E-state index in [0.29, 0.717) is 0 Å². The van der Waals surface area contributed by atoms with Gasteiger partial charge in [-0.3, -0.25) is 5.32 Å². The number of nitrogens with one attached hydrogen (secondary N) is 1. The summed E-state index contributed by atoms with van der Waals surface area (Å²) in [5.74, 6) is 0. The minimum Gasteiger partial charge on any atom is -0.379 e. The number of aliphatic hydroxyl groups excluding tert-OH is 2. The molecule has 0 rings (SSSR count). The molecule has 0 aromatic heterocycles. The van der Waals surface area contributed by atoms with Crippen molar-refractivity contribution in [3.05, 3.63) is 0 Å². The van der Waals surface area contributed by atoms with Gasteiger partial charge in [-0.2, -0.15) is 0 Å². The average molecular weight is 386 g/mol. The van der Waals surface area contributed by atoms with Gasteiger partial charge < -0.3 is 10.2 Å². The van der Waals surface area contributed by atoms with E-state index in [0.717, 1.165) is 25.7 Å². The lowest BCUT2D eigenvalue weighted by Crippen LogP contribution is -2.38. The molecule has 3 heteroatoms. The summed E-state index contributed by atoms with van der Waals surface area (Å²) in [6.07, 6.45) is 23.8. The summed E-state index contributed by atoms with van der Waals surface area (Å²) >= 11 is 0. The fourth-order valence-electron chi connectivity index (χ4n) is 3.69. The van der Waals surface area contributed by atoms with Crippen LogP contribution in [0, 0.1) is 0 Å². The first-order valence-corrected chi connectivity index (χ1v) is 12.3. The molecule has 0 saturated heterocycles. The van der Waals surface area contributed by atoms with Crippen LogP contribution in [-0.2, 0) is 0 Å². The van der Waals surface area contributed by atoms with Crippen LogP contribution in [0.5, 0.6) is 0 Å². The quantitative estimate of drug-likeness (QED) is 0.138. The van der Waals surface area contributed by atoms with Gasteiger partial charge in [-0.1, -0.05) is 117 Å². The highest BCUT2D eigenvalue weighted by Gasteiger charge is 2.09. The molecule has 0 saturated carbocycles. The minimum atomic E-state index is -0.553. The molecule has 3 N–H and O–H groups in total. The molecule has 2 atom stereocenters. The van der Waals surface area contributed by atoms with E-state index >= 15 is 0 Å². The first-order chi connectivity index (χ1) is 13.2. The zero-order chi connectivity index (χ0) is 20.0. The zero-order valence-electron chi connectivity index (χ0n) is 18.7. The molecule has 0 aliphatic carbocycles. The molecular formula is C24H51NO2. The third-order valence-corrected chi connectivity index (χ3v) is 5.55.